The van der Waals surface area contributed by atoms with E-state index < -0.39 is 0 Å². The van der Waals surface area contributed by atoms with Crippen LogP contribution in [-0.4, -0.2) is 39.0 Å². The molecule has 5 heteroatoms. The Morgan fingerprint density at radius 1 is 1.19 bits per heavy atom. The van der Waals surface area contributed by atoms with Crippen LogP contribution in [-0.2, 0) is 6.54 Å². The number of piperidine rings is 1. The van der Waals surface area contributed by atoms with E-state index in [2.05, 4.69) is 25.9 Å². The fourth-order valence-electron chi connectivity index (χ4n) is 2.53. The smallest absolute Gasteiger partial charge is 0.316 e. The molecule has 1 saturated heterocycles. The fraction of sp³-hybridized carbons (Fsp3) is 0.438. The molecule has 0 aromatic carbocycles. The van der Waals surface area contributed by atoms with Crippen LogP contribution in [0.4, 0.5) is 0 Å². The van der Waals surface area contributed by atoms with E-state index in [0.717, 1.165) is 38.0 Å². The lowest BCUT2D eigenvalue weighted by Crippen LogP contribution is -2.38. The molecule has 21 heavy (non-hydrogen) atoms. The van der Waals surface area contributed by atoms with Crippen LogP contribution in [0.5, 0.6) is 6.01 Å². The van der Waals surface area contributed by atoms with Gasteiger partial charge in [-0.2, -0.15) is 0 Å². The van der Waals surface area contributed by atoms with E-state index >= 15 is 0 Å². The maximum absolute atomic E-state index is 5.85. The van der Waals surface area contributed by atoms with Gasteiger partial charge in [0.15, 0.2) is 0 Å². The number of aryl methyl sites for hydroxylation is 1. The number of aromatic nitrogens is 3. The van der Waals surface area contributed by atoms with Crippen molar-refractivity contribution in [3.8, 4) is 6.01 Å². The zero-order chi connectivity index (χ0) is 14.5. The first kappa shape index (κ1) is 13.9. The van der Waals surface area contributed by atoms with Crippen LogP contribution in [0.3, 0.4) is 0 Å². The van der Waals surface area contributed by atoms with Gasteiger partial charge >= 0.3 is 6.01 Å². The van der Waals surface area contributed by atoms with E-state index in [1.165, 1.54) is 5.56 Å². The van der Waals surface area contributed by atoms with Crippen molar-refractivity contribution >= 4 is 0 Å². The summed E-state index contributed by atoms with van der Waals surface area (Å²) in [6, 6.07) is 4.60. The van der Waals surface area contributed by atoms with Crippen molar-refractivity contribution in [3.05, 3.63) is 48.0 Å². The van der Waals surface area contributed by atoms with Gasteiger partial charge in [0.2, 0.25) is 0 Å². The lowest BCUT2D eigenvalue weighted by Gasteiger charge is -2.31. The summed E-state index contributed by atoms with van der Waals surface area (Å²) in [4.78, 5) is 15.0. The normalized spacial score (nSPS) is 16.8. The van der Waals surface area contributed by atoms with Crippen molar-refractivity contribution in [2.45, 2.75) is 32.4 Å². The van der Waals surface area contributed by atoms with E-state index in [1.54, 1.807) is 12.4 Å². The average molecular weight is 284 g/mol. The minimum absolute atomic E-state index is 0.220. The van der Waals surface area contributed by atoms with Crippen LogP contribution in [0, 0.1) is 6.92 Å². The van der Waals surface area contributed by atoms with Gasteiger partial charge < -0.3 is 4.74 Å². The van der Waals surface area contributed by atoms with Crippen molar-refractivity contribution in [3.63, 3.8) is 0 Å². The first-order chi connectivity index (χ1) is 10.3. The number of hydrogen-bond donors (Lipinski definition) is 0. The van der Waals surface area contributed by atoms with Crippen molar-refractivity contribution in [1.82, 2.24) is 19.9 Å². The molecule has 0 N–H and O–H groups in total. The van der Waals surface area contributed by atoms with Crippen LogP contribution in [0.25, 0.3) is 0 Å². The average Bonchev–Trinajstić information content (AvgIpc) is 2.53. The maximum Gasteiger partial charge on any atom is 0.316 e. The predicted molar refractivity (Wildman–Crippen MR) is 79.9 cm³/mol. The van der Waals surface area contributed by atoms with Crippen molar-refractivity contribution in [2.75, 3.05) is 13.1 Å². The molecule has 0 spiro atoms. The molecule has 0 unspecified atom stereocenters. The quantitative estimate of drug-likeness (QED) is 0.861. The van der Waals surface area contributed by atoms with Gasteiger partial charge in [0.1, 0.15) is 6.10 Å². The molecule has 0 aliphatic carbocycles. The number of ether oxygens (including phenoxy) is 1. The third-order valence-corrected chi connectivity index (χ3v) is 3.69. The summed E-state index contributed by atoms with van der Waals surface area (Å²) in [6.45, 7) is 5.00. The number of hydrogen-bond acceptors (Lipinski definition) is 5. The molecule has 0 bridgehead atoms. The highest BCUT2D eigenvalue weighted by Gasteiger charge is 2.21. The first-order valence-corrected chi connectivity index (χ1v) is 7.36. The van der Waals surface area contributed by atoms with Gasteiger partial charge in [-0.1, -0.05) is 6.07 Å². The minimum atomic E-state index is 0.220. The van der Waals surface area contributed by atoms with Crippen LogP contribution in [0.15, 0.2) is 36.9 Å². The summed E-state index contributed by atoms with van der Waals surface area (Å²) >= 11 is 0. The van der Waals surface area contributed by atoms with Crippen molar-refractivity contribution in [2.24, 2.45) is 0 Å². The van der Waals surface area contributed by atoms with Gasteiger partial charge in [-0.3, -0.25) is 9.88 Å². The highest BCUT2D eigenvalue weighted by atomic mass is 16.5. The molecule has 2 aromatic heterocycles. The molecular formula is C16H20N4O. The Kier molecular flexibility index (Phi) is 4.40. The standard InChI is InChI=1S/C16H20N4O/c1-13-9-18-16(19-10-13)21-15-4-7-20(8-5-15)12-14-3-2-6-17-11-14/h2-3,6,9-11,15H,4-5,7-8,12H2,1H3. The number of likely N-dealkylation sites (tertiary alicyclic amines) is 1. The van der Waals surface area contributed by atoms with Gasteiger partial charge in [0, 0.05) is 44.4 Å². The van der Waals surface area contributed by atoms with Gasteiger partial charge in [-0.25, -0.2) is 9.97 Å². The third-order valence-electron chi connectivity index (χ3n) is 3.69. The summed E-state index contributed by atoms with van der Waals surface area (Å²) < 4.78 is 5.85. The lowest BCUT2D eigenvalue weighted by molar-refractivity contribution is 0.0891. The van der Waals surface area contributed by atoms with E-state index in [9.17, 15) is 0 Å². The zero-order valence-corrected chi connectivity index (χ0v) is 12.3. The first-order valence-electron chi connectivity index (χ1n) is 7.36. The maximum atomic E-state index is 5.85. The molecule has 1 aliphatic heterocycles. The fourth-order valence-corrected chi connectivity index (χ4v) is 2.53. The van der Waals surface area contributed by atoms with E-state index in [-0.39, 0.29) is 6.10 Å². The molecule has 1 fully saturated rings. The Labute approximate surface area is 125 Å². The second-order valence-corrected chi connectivity index (χ2v) is 5.50. The van der Waals surface area contributed by atoms with Crippen LogP contribution < -0.4 is 4.74 Å². The highest BCUT2D eigenvalue weighted by Crippen LogP contribution is 2.17. The van der Waals surface area contributed by atoms with Gasteiger partial charge in [-0.05, 0) is 37.0 Å². The molecule has 0 amide bonds. The van der Waals surface area contributed by atoms with Gasteiger partial charge in [-0.15, -0.1) is 0 Å². The summed E-state index contributed by atoms with van der Waals surface area (Å²) in [5.41, 5.74) is 2.31. The predicted octanol–water partition coefficient (Wildman–Crippen LogP) is 2.22. The van der Waals surface area contributed by atoms with E-state index in [0.29, 0.717) is 6.01 Å². The zero-order valence-electron chi connectivity index (χ0n) is 12.3. The topological polar surface area (TPSA) is 51.1 Å². The Morgan fingerprint density at radius 3 is 2.62 bits per heavy atom. The third kappa shape index (κ3) is 3.98. The Hall–Kier alpha value is -2.01. The highest BCUT2D eigenvalue weighted by molar-refractivity contribution is 5.08. The molecule has 3 heterocycles. The van der Waals surface area contributed by atoms with Gasteiger partial charge in [0.05, 0.1) is 0 Å². The molecule has 3 rings (SSSR count). The Morgan fingerprint density at radius 2 is 1.95 bits per heavy atom. The molecule has 0 saturated carbocycles. The molecule has 2 aromatic rings. The number of nitrogens with zero attached hydrogens (tertiary/aromatic N) is 4. The van der Waals surface area contributed by atoms with Gasteiger partial charge in [0.25, 0.3) is 0 Å². The molecule has 110 valence electrons. The SMILES string of the molecule is Cc1cnc(OC2CCN(Cc3cccnc3)CC2)nc1. The summed E-state index contributed by atoms with van der Waals surface area (Å²) in [5, 5.41) is 0. The minimum Gasteiger partial charge on any atom is -0.460 e. The second kappa shape index (κ2) is 6.63. The second-order valence-electron chi connectivity index (χ2n) is 5.50. The monoisotopic (exact) mass is 284 g/mol. The number of rotatable bonds is 4. The van der Waals surface area contributed by atoms with Crippen molar-refractivity contribution < 1.29 is 4.74 Å². The molecular weight excluding hydrogens is 264 g/mol. The number of pyridine rings is 1. The Bertz CT molecular complexity index is 550. The Balaban J connectivity index is 1.47. The van der Waals surface area contributed by atoms with Crippen LogP contribution in [0.1, 0.15) is 24.0 Å². The molecule has 5 nitrogen and oxygen atoms in total. The summed E-state index contributed by atoms with van der Waals surface area (Å²) in [5.74, 6) is 0. The van der Waals surface area contributed by atoms with E-state index in [1.807, 2.05) is 25.4 Å². The van der Waals surface area contributed by atoms with Crippen molar-refractivity contribution in [1.29, 1.82) is 0 Å². The molecule has 1 aliphatic rings. The van der Waals surface area contributed by atoms with Crippen LogP contribution >= 0.6 is 0 Å². The largest absolute Gasteiger partial charge is 0.460 e. The van der Waals surface area contributed by atoms with Crippen LogP contribution in [0.2, 0.25) is 0 Å². The molecule has 0 atom stereocenters. The molecule has 0 radical (unpaired) electrons. The summed E-state index contributed by atoms with van der Waals surface area (Å²) in [7, 11) is 0. The summed E-state index contributed by atoms with van der Waals surface area (Å²) in [6.07, 6.45) is 9.57. The van der Waals surface area contributed by atoms with E-state index in [4.69, 9.17) is 4.74 Å². The lowest BCUT2D eigenvalue weighted by atomic mass is 10.1.